The van der Waals surface area contributed by atoms with Gasteiger partial charge in [-0.25, -0.2) is 4.98 Å². The minimum Gasteiger partial charge on any atom is -0.495 e. The number of rotatable bonds is 1. The standard InChI is InChI=1S/C6H7ClN2O/c1-10-4-2-5(7)6(8)9-3-4/h2-3H,1H3,(H2,8,9). The largest absolute Gasteiger partial charge is 0.495 e. The highest BCUT2D eigenvalue weighted by Crippen LogP contribution is 2.20. The molecular weight excluding hydrogens is 152 g/mol. The van der Waals surface area contributed by atoms with Crippen LogP contribution in [0.5, 0.6) is 5.75 Å². The van der Waals surface area contributed by atoms with E-state index in [0.29, 0.717) is 16.6 Å². The number of hydrogen-bond donors (Lipinski definition) is 1. The molecule has 0 unspecified atom stereocenters. The minimum absolute atomic E-state index is 0.322. The summed E-state index contributed by atoms with van der Waals surface area (Å²) in [6, 6.07) is 1.61. The maximum atomic E-state index is 5.63. The molecule has 0 aliphatic heterocycles. The van der Waals surface area contributed by atoms with E-state index in [1.165, 1.54) is 6.20 Å². The van der Waals surface area contributed by atoms with E-state index >= 15 is 0 Å². The molecule has 10 heavy (non-hydrogen) atoms. The number of methoxy groups -OCH3 is 1. The summed E-state index contributed by atoms with van der Waals surface area (Å²) < 4.78 is 4.85. The lowest BCUT2D eigenvalue weighted by molar-refractivity contribution is 0.413. The first-order chi connectivity index (χ1) is 4.74. The molecule has 3 nitrogen and oxygen atoms in total. The van der Waals surface area contributed by atoms with Crippen molar-refractivity contribution in [2.75, 3.05) is 12.8 Å². The maximum Gasteiger partial charge on any atom is 0.142 e. The Morgan fingerprint density at radius 3 is 2.90 bits per heavy atom. The molecule has 1 aromatic rings. The quantitative estimate of drug-likeness (QED) is 0.671. The van der Waals surface area contributed by atoms with Crippen molar-refractivity contribution >= 4 is 17.4 Å². The zero-order valence-corrected chi connectivity index (χ0v) is 6.22. The van der Waals surface area contributed by atoms with Gasteiger partial charge in [0.25, 0.3) is 0 Å². The predicted molar refractivity (Wildman–Crippen MR) is 40.2 cm³/mol. The number of nitrogen functional groups attached to an aromatic ring is 1. The first kappa shape index (κ1) is 7.15. The predicted octanol–water partition coefficient (Wildman–Crippen LogP) is 1.33. The molecule has 4 heteroatoms. The lowest BCUT2D eigenvalue weighted by Crippen LogP contribution is -1.91. The van der Waals surface area contributed by atoms with Gasteiger partial charge >= 0.3 is 0 Å². The Kier molecular flexibility index (Phi) is 1.97. The molecule has 2 N–H and O–H groups in total. The van der Waals surface area contributed by atoms with E-state index in [9.17, 15) is 0 Å². The first-order valence-corrected chi connectivity index (χ1v) is 3.07. The van der Waals surface area contributed by atoms with Crippen molar-refractivity contribution in [3.8, 4) is 5.75 Å². The zero-order chi connectivity index (χ0) is 7.56. The highest BCUT2D eigenvalue weighted by molar-refractivity contribution is 6.32. The van der Waals surface area contributed by atoms with Gasteiger partial charge in [0.15, 0.2) is 0 Å². The number of ether oxygens (including phenoxy) is 1. The van der Waals surface area contributed by atoms with Crippen molar-refractivity contribution in [1.82, 2.24) is 4.98 Å². The molecule has 1 heterocycles. The van der Waals surface area contributed by atoms with Gasteiger partial charge in [-0.05, 0) is 0 Å². The van der Waals surface area contributed by atoms with E-state index in [0.717, 1.165) is 0 Å². The molecule has 0 saturated heterocycles. The van der Waals surface area contributed by atoms with Gasteiger partial charge in [-0.2, -0.15) is 0 Å². The molecule has 0 atom stereocenters. The van der Waals surface area contributed by atoms with E-state index in [1.54, 1.807) is 13.2 Å². The summed E-state index contributed by atoms with van der Waals surface area (Å²) in [4.78, 5) is 3.77. The minimum atomic E-state index is 0.322. The van der Waals surface area contributed by atoms with Crippen molar-refractivity contribution in [3.05, 3.63) is 17.3 Å². The third-order valence-corrected chi connectivity index (χ3v) is 1.38. The van der Waals surface area contributed by atoms with Gasteiger partial charge in [-0.15, -0.1) is 0 Å². The van der Waals surface area contributed by atoms with Crippen LogP contribution >= 0.6 is 11.6 Å². The highest BCUT2D eigenvalue weighted by Gasteiger charge is 1.97. The summed E-state index contributed by atoms with van der Waals surface area (Å²) in [5.41, 5.74) is 5.34. The van der Waals surface area contributed by atoms with E-state index in [1.807, 2.05) is 0 Å². The van der Waals surface area contributed by atoms with Gasteiger partial charge in [-0.1, -0.05) is 11.6 Å². The molecular formula is C6H7ClN2O. The first-order valence-electron chi connectivity index (χ1n) is 2.69. The average Bonchev–Trinajstić information content (AvgIpc) is 1.95. The van der Waals surface area contributed by atoms with Crippen molar-refractivity contribution < 1.29 is 4.74 Å². The molecule has 1 rings (SSSR count). The van der Waals surface area contributed by atoms with E-state index in [2.05, 4.69) is 4.98 Å². The topological polar surface area (TPSA) is 48.1 Å². The van der Waals surface area contributed by atoms with Crippen LogP contribution in [0, 0.1) is 0 Å². The average molecular weight is 159 g/mol. The van der Waals surface area contributed by atoms with Crippen LogP contribution in [-0.2, 0) is 0 Å². The fraction of sp³-hybridized carbons (Fsp3) is 0.167. The number of aromatic nitrogens is 1. The lowest BCUT2D eigenvalue weighted by Gasteiger charge is -1.99. The normalized spacial score (nSPS) is 9.40. The maximum absolute atomic E-state index is 5.63. The summed E-state index contributed by atoms with van der Waals surface area (Å²) in [5.74, 6) is 0.932. The van der Waals surface area contributed by atoms with E-state index in [4.69, 9.17) is 22.1 Å². The second-order valence-corrected chi connectivity index (χ2v) is 2.15. The molecule has 0 bridgehead atoms. The zero-order valence-electron chi connectivity index (χ0n) is 5.47. The highest BCUT2D eigenvalue weighted by atomic mass is 35.5. The fourth-order valence-electron chi connectivity index (χ4n) is 0.543. The summed E-state index contributed by atoms with van der Waals surface area (Å²) in [5, 5.41) is 0.416. The lowest BCUT2D eigenvalue weighted by atomic mass is 10.4. The Morgan fingerprint density at radius 1 is 1.70 bits per heavy atom. The third kappa shape index (κ3) is 1.30. The molecule has 0 aliphatic carbocycles. The molecule has 0 saturated carbocycles. The van der Waals surface area contributed by atoms with Crippen molar-refractivity contribution in [3.63, 3.8) is 0 Å². The second kappa shape index (κ2) is 2.75. The van der Waals surface area contributed by atoms with Gasteiger partial charge in [0.05, 0.1) is 18.3 Å². The summed E-state index contributed by atoms with van der Waals surface area (Å²) in [7, 11) is 1.55. The molecule has 0 aromatic carbocycles. The summed E-state index contributed by atoms with van der Waals surface area (Å²) in [6.07, 6.45) is 1.52. The van der Waals surface area contributed by atoms with Crippen LogP contribution in [0.3, 0.4) is 0 Å². The van der Waals surface area contributed by atoms with Gasteiger partial charge in [-0.3, -0.25) is 0 Å². The SMILES string of the molecule is COc1cnc(N)c(Cl)c1. The second-order valence-electron chi connectivity index (χ2n) is 1.74. The van der Waals surface area contributed by atoms with E-state index < -0.39 is 0 Å². The third-order valence-electron chi connectivity index (χ3n) is 1.08. The Labute approximate surface area is 63.8 Å². The molecule has 0 amide bonds. The molecule has 0 fully saturated rings. The molecule has 0 aliphatic rings. The monoisotopic (exact) mass is 158 g/mol. The van der Waals surface area contributed by atoms with Crippen LogP contribution in [0.2, 0.25) is 5.02 Å². The molecule has 1 aromatic heterocycles. The van der Waals surface area contributed by atoms with E-state index in [-0.39, 0.29) is 0 Å². The van der Waals surface area contributed by atoms with Crippen LogP contribution in [0.4, 0.5) is 5.82 Å². The van der Waals surface area contributed by atoms with Crippen molar-refractivity contribution in [2.45, 2.75) is 0 Å². The number of anilines is 1. The Balaban J connectivity index is 3.04. The summed E-state index contributed by atoms with van der Waals surface area (Å²) in [6.45, 7) is 0. The molecule has 0 spiro atoms. The Bertz CT molecular complexity index is 239. The Hall–Kier alpha value is -0.960. The number of halogens is 1. The number of nitrogens with zero attached hydrogens (tertiary/aromatic N) is 1. The summed E-state index contributed by atoms with van der Waals surface area (Å²) >= 11 is 5.63. The van der Waals surface area contributed by atoms with Gasteiger partial charge in [0, 0.05) is 6.07 Å². The van der Waals surface area contributed by atoms with Gasteiger partial charge < -0.3 is 10.5 Å². The van der Waals surface area contributed by atoms with Crippen LogP contribution in [-0.4, -0.2) is 12.1 Å². The number of hydrogen-bond acceptors (Lipinski definition) is 3. The van der Waals surface area contributed by atoms with Crippen LogP contribution in [0.1, 0.15) is 0 Å². The van der Waals surface area contributed by atoms with Crippen LogP contribution in [0.25, 0.3) is 0 Å². The van der Waals surface area contributed by atoms with Crippen LogP contribution in [0.15, 0.2) is 12.3 Å². The number of nitrogens with two attached hydrogens (primary N) is 1. The van der Waals surface area contributed by atoms with Crippen LogP contribution < -0.4 is 10.5 Å². The molecule has 54 valence electrons. The van der Waals surface area contributed by atoms with Gasteiger partial charge in [0.2, 0.25) is 0 Å². The van der Waals surface area contributed by atoms with Crippen molar-refractivity contribution in [2.24, 2.45) is 0 Å². The number of pyridine rings is 1. The van der Waals surface area contributed by atoms with Crippen molar-refractivity contribution in [1.29, 1.82) is 0 Å². The Morgan fingerprint density at radius 2 is 2.40 bits per heavy atom. The fourth-order valence-corrected chi connectivity index (χ4v) is 0.699. The smallest absolute Gasteiger partial charge is 0.142 e. The van der Waals surface area contributed by atoms with Gasteiger partial charge in [0.1, 0.15) is 11.6 Å². The molecule has 0 radical (unpaired) electrons.